The third-order valence-corrected chi connectivity index (χ3v) is 5.65. The maximum Gasteiger partial charge on any atom is 0.191 e. The summed E-state index contributed by atoms with van der Waals surface area (Å²) in [5.41, 5.74) is 1.08. The summed E-state index contributed by atoms with van der Waals surface area (Å²) in [6.45, 7) is 2.15. The minimum absolute atomic E-state index is 0.535. The standard InChI is InChI=1S/C13H20N6S2/c1-14-12-16-10(7-20-12)8-21-13-18-17-11(19(13)2)9-3-5-15-6-4-9/h7,9,15H,3-6,8H2,1-2H3,(H,14,16). The molecule has 6 nitrogen and oxygen atoms in total. The first kappa shape index (κ1) is 14.8. The smallest absolute Gasteiger partial charge is 0.191 e. The molecule has 1 aliphatic rings. The summed E-state index contributed by atoms with van der Waals surface area (Å²) in [4.78, 5) is 4.49. The van der Waals surface area contributed by atoms with Crippen LogP contribution in [0.2, 0.25) is 0 Å². The Hall–Kier alpha value is -1.12. The average Bonchev–Trinajstić information content (AvgIpc) is 3.13. The van der Waals surface area contributed by atoms with Crippen molar-refractivity contribution in [3.63, 3.8) is 0 Å². The molecule has 0 amide bonds. The first-order chi connectivity index (χ1) is 10.3. The van der Waals surface area contributed by atoms with Crippen LogP contribution in [0.3, 0.4) is 0 Å². The fourth-order valence-electron chi connectivity index (χ4n) is 2.51. The van der Waals surface area contributed by atoms with Crippen molar-refractivity contribution >= 4 is 28.2 Å². The molecular weight excluding hydrogens is 304 g/mol. The molecule has 114 valence electrons. The molecule has 21 heavy (non-hydrogen) atoms. The van der Waals surface area contributed by atoms with Crippen molar-refractivity contribution in [1.82, 2.24) is 25.1 Å². The van der Waals surface area contributed by atoms with Crippen molar-refractivity contribution in [2.45, 2.75) is 29.7 Å². The molecule has 1 aliphatic heterocycles. The molecule has 0 aliphatic carbocycles. The summed E-state index contributed by atoms with van der Waals surface area (Å²) in [7, 11) is 3.96. The lowest BCUT2D eigenvalue weighted by atomic mass is 9.97. The second kappa shape index (κ2) is 6.76. The van der Waals surface area contributed by atoms with E-state index in [1.807, 2.05) is 7.05 Å². The van der Waals surface area contributed by atoms with Crippen molar-refractivity contribution in [2.75, 3.05) is 25.5 Å². The Morgan fingerprint density at radius 3 is 2.95 bits per heavy atom. The molecule has 0 bridgehead atoms. The van der Waals surface area contributed by atoms with Crippen LogP contribution in [0.1, 0.15) is 30.3 Å². The van der Waals surface area contributed by atoms with Crippen molar-refractivity contribution in [1.29, 1.82) is 0 Å². The van der Waals surface area contributed by atoms with Crippen LogP contribution in [0.25, 0.3) is 0 Å². The van der Waals surface area contributed by atoms with Crippen LogP contribution in [0.5, 0.6) is 0 Å². The summed E-state index contributed by atoms with van der Waals surface area (Å²) in [6.07, 6.45) is 2.29. The highest BCUT2D eigenvalue weighted by Crippen LogP contribution is 2.28. The molecule has 0 aromatic carbocycles. The number of hydrogen-bond acceptors (Lipinski definition) is 7. The number of nitrogens with zero attached hydrogens (tertiary/aromatic N) is 4. The third kappa shape index (κ3) is 3.38. The molecule has 0 unspecified atom stereocenters. The van der Waals surface area contributed by atoms with Crippen molar-refractivity contribution in [3.05, 3.63) is 16.9 Å². The van der Waals surface area contributed by atoms with Gasteiger partial charge in [0.05, 0.1) is 5.69 Å². The van der Waals surface area contributed by atoms with E-state index in [-0.39, 0.29) is 0 Å². The van der Waals surface area contributed by atoms with Crippen molar-refractivity contribution in [3.8, 4) is 0 Å². The maximum atomic E-state index is 4.49. The number of anilines is 1. The highest BCUT2D eigenvalue weighted by Gasteiger charge is 2.21. The van der Waals surface area contributed by atoms with E-state index in [0.29, 0.717) is 5.92 Å². The average molecular weight is 324 g/mol. The molecule has 3 rings (SSSR count). The van der Waals surface area contributed by atoms with E-state index >= 15 is 0 Å². The second-order valence-electron chi connectivity index (χ2n) is 5.11. The van der Waals surface area contributed by atoms with Crippen LogP contribution in [0.15, 0.2) is 10.5 Å². The molecule has 2 aromatic rings. The second-order valence-corrected chi connectivity index (χ2v) is 6.91. The summed E-state index contributed by atoms with van der Waals surface area (Å²) >= 11 is 3.33. The van der Waals surface area contributed by atoms with Gasteiger partial charge < -0.3 is 15.2 Å². The molecule has 0 saturated carbocycles. The zero-order chi connectivity index (χ0) is 14.7. The first-order valence-electron chi connectivity index (χ1n) is 7.13. The molecule has 2 N–H and O–H groups in total. The van der Waals surface area contributed by atoms with Gasteiger partial charge in [-0.25, -0.2) is 4.98 Å². The van der Waals surface area contributed by atoms with E-state index in [1.54, 1.807) is 23.1 Å². The lowest BCUT2D eigenvalue weighted by molar-refractivity contribution is 0.434. The van der Waals surface area contributed by atoms with Gasteiger partial charge in [0.2, 0.25) is 0 Å². The Labute approximate surface area is 132 Å². The number of aromatic nitrogens is 4. The summed E-state index contributed by atoms with van der Waals surface area (Å²) in [5.74, 6) is 2.48. The number of thioether (sulfide) groups is 1. The van der Waals surface area contributed by atoms with Gasteiger partial charge in [0.1, 0.15) is 5.82 Å². The molecule has 0 spiro atoms. The van der Waals surface area contributed by atoms with Gasteiger partial charge >= 0.3 is 0 Å². The van der Waals surface area contributed by atoms with Crippen LogP contribution in [-0.2, 0) is 12.8 Å². The van der Waals surface area contributed by atoms with E-state index in [0.717, 1.165) is 53.5 Å². The number of piperidine rings is 1. The molecule has 8 heteroatoms. The predicted molar refractivity (Wildman–Crippen MR) is 87.1 cm³/mol. The quantitative estimate of drug-likeness (QED) is 0.821. The third-order valence-electron chi connectivity index (χ3n) is 3.69. The molecule has 1 saturated heterocycles. The largest absolute Gasteiger partial charge is 0.365 e. The van der Waals surface area contributed by atoms with Gasteiger partial charge in [-0.1, -0.05) is 11.8 Å². The fraction of sp³-hybridized carbons (Fsp3) is 0.615. The highest BCUT2D eigenvalue weighted by atomic mass is 32.2. The van der Waals surface area contributed by atoms with E-state index < -0.39 is 0 Å². The number of hydrogen-bond donors (Lipinski definition) is 2. The normalized spacial score (nSPS) is 16.3. The van der Waals surface area contributed by atoms with Gasteiger partial charge in [-0.05, 0) is 25.9 Å². The van der Waals surface area contributed by atoms with E-state index in [1.165, 1.54) is 0 Å². The lowest BCUT2D eigenvalue weighted by Gasteiger charge is -2.21. The summed E-state index contributed by atoms with van der Waals surface area (Å²) in [6, 6.07) is 0. The molecule has 0 radical (unpaired) electrons. The monoisotopic (exact) mass is 324 g/mol. The van der Waals surface area contributed by atoms with Crippen molar-refractivity contribution in [2.24, 2.45) is 7.05 Å². The molecule has 0 atom stereocenters. The zero-order valence-electron chi connectivity index (χ0n) is 12.3. The number of rotatable bonds is 5. The van der Waals surface area contributed by atoms with Gasteiger partial charge in [-0.2, -0.15) is 0 Å². The van der Waals surface area contributed by atoms with Gasteiger partial charge in [-0.3, -0.25) is 0 Å². The minimum atomic E-state index is 0.535. The highest BCUT2D eigenvalue weighted by molar-refractivity contribution is 7.98. The Bertz CT molecular complexity index is 587. The minimum Gasteiger partial charge on any atom is -0.365 e. The van der Waals surface area contributed by atoms with Gasteiger partial charge in [0.15, 0.2) is 10.3 Å². The Balaban J connectivity index is 1.64. The van der Waals surface area contributed by atoms with Gasteiger partial charge in [0, 0.05) is 31.1 Å². The SMILES string of the molecule is CNc1nc(CSc2nnc(C3CCNCC3)n2C)cs1. The molecular formula is C13H20N6S2. The lowest BCUT2D eigenvalue weighted by Crippen LogP contribution is -2.27. The summed E-state index contributed by atoms with van der Waals surface area (Å²) in [5, 5.41) is 19.2. The van der Waals surface area contributed by atoms with Crippen LogP contribution in [0.4, 0.5) is 5.13 Å². The number of nitrogens with one attached hydrogen (secondary N) is 2. The van der Waals surface area contributed by atoms with E-state index in [9.17, 15) is 0 Å². The fourth-order valence-corrected chi connectivity index (χ4v) is 4.10. The van der Waals surface area contributed by atoms with Crippen molar-refractivity contribution < 1.29 is 0 Å². The zero-order valence-corrected chi connectivity index (χ0v) is 13.9. The topological polar surface area (TPSA) is 67.7 Å². The Kier molecular flexibility index (Phi) is 4.77. The molecule has 2 aromatic heterocycles. The van der Waals surface area contributed by atoms with Crippen LogP contribution in [-0.4, -0.2) is 39.9 Å². The van der Waals surface area contributed by atoms with E-state index in [2.05, 4.69) is 42.8 Å². The van der Waals surface area contributed by atoms with E-state index in [4.69, 9.17) is 0 Å². The summed E-state index contributed by atoms with van der Waals surface area (Å²) < 4.78 is 2.14. The molecule has 3 heterocycles. The first-order valence-corrected chi connectivity index (χ1v) is 8.99. The Morgan fingerprint density at radius 2 is 2.24 bits per heavy atom. The van der Waals surface area contributed by atoms with Gasteiger partial charge in [0.25, 0.3) is 0 Å². The maximum absolute atomic E-state index is 4.49. The molecule has 1 fully saturated rings. The Morgan fingerprint density at radius 1 is 1.43 bits per heavy atom. The van der Waals surface area contributed by atoms with Crippen LogP contribution >= 0.6 is 23.1 Å². The van der Waals surface area contributed by atoms with Gasteiger partial charge in [-0.15, -0.1) is 21.5 Å². The number of thiazole rings is 1. The van der Waals surface area contributed by atoms with Crippen LogP contribution in [0, 0.1) is 0 Å². The van der Waals surface area contributed by atoms with Crippen LogP contribution < -0.4 is 10.6 Å². The predicted octanol–water partition coefficient (Wildman–Crippen LogP) is 2.07.